The molecule has 37 heavy (non-hydrogen) atoms. The summed E-state index contributed by atoms with van der Waals surface area (Å²) in [6.07, 6.45) is 0. The molecule has 0 atom stereocenters. The van der Waals surface area contributed by atoms with Gasteiger partial charge in [0.25, 0.3) is 0 Å². The molecule has 2 heterocycles. The van der Waals surface area contributed by atoms with Gasteiger partial charge in [-0.15, -0.1) is 0 Å². The number of para-hydroxylation sites is 3. The van der Waals surface area contributed by atoms with Crippen LogP contribution in [-0.2, 0) is 5.41 Å². The average molecular weight is 480 g/mol. The molecule has 178 valence electrons. The van der Waals surface area contributed by atoms with Gasteiger partial charge in [-0.1, -0.05) is 80.6 Å². The third-order valence-electron chi connectivity index (χ3n) is 7.67. The molecule has 0 unspecified atom stereocenters. The lowest BCUT2D eigenvalue weighted by Crippen LogP contribution is -2.30. The quantitative estimate of drug-likeness (QED) is 0.233. The fourth-order valence-electron chi connectivity index (χ4n) is 5.73. The Labute approximate surface area is 215 Å². The van der Waals surface area contributed by atoms with Crippen molar-refractivity contribution in [1.82, 2.24) is 0 Å². The zero-order chi connectivity index (χ0) is 25.1. The van der Waals surface area contributed by atoms with Crippen LogP contribution < -0.4 is 10.3 Å². The zero-order valence-electron chi connectivity index (χ0n) is 20.7. The Hall–Kier alpha value is -4.63. The molecule has 0 fully saturated rings. The number of hydrogen-bond donors (Lipinski definition) is 0. The first-order chi connectivity index (χ1) is 18.0. The number of rotatable bonds is 2. The van der Waals surface area contributed by atoms with Gasteiger partial charge < -0.3 is 9.32 Å². The predicted octanol–water partition coefficient (Wildman–Crippen LogP) is 8.72. The molecule has 0 amide bonds. The number of hydrogen-bond acceptors (Lipinski definition) is 3. The second kappa shape index (κ2) is 7.94. The van der Waals surface area contributed by atoms with Gasteiger partial charge in [0.1, 0.15) is 11.2 Å². The van der Waals surface area contributed by atoms with Crippen LogP contribution in [0.15, 0.2) is 124 Å². The molecule has 0 radical (unpaired) electrons. The second-order valence-corrected chi connectivity index (χ2v) is 10.2. The van der Waals surface area contributed by atoms with Crippen LogP contribution in [0.2, 0.25) is 0 Å². The van der Waals surface area contributed by atoms with Crippen molar-refractivity contribution in [2.24, 2.45) is 0 Å². The maximum Gasteiger partial charge on any atom is 0.200 e. The molecule has 0 saturated carbocycles. The molecule has 1 aromatic heterocycles. The second-order valence-electron chi connectivity index (χ2n) is 10.2. The minimum absolute atomic E-state index is 0.00380. The summed E-state index contributed by atoms with van der Waals surface area (Å²) in [5.74, 6) is 0. The predicted molar refractivity (Wildman–Crippen MR) is 152 cm³/mol. The Balaban J connectivity index is 1.33. The van der Waals surface area contributed by atoms with Crippen molar-refractivity contribution in [2.75, 3.05) is 4.90 Å². The van der Waals surface area contributed by atoms with E-state index >= 15 is 0 Å². The molecule has 3 heteroatoms. The largest absolute Gasteiger partial charge is 0.456 e. The van der Waals surface area contributed by atoms with Gasteiger partial charge in [-0.25, -0.2) is 0 Å². The monoisotopic (exact) mass is 479 g/mol. The minimum Gasteiger partial charge on any atom is -0.456 e. The summed E-state index contributed by atoms with van der Waals surface area (Å²) in [5.41, 5.74) is 9.37. The van der Waals surface area contributed by atoms with Gasteiger partial charge in [0, 0.05) is 11.1 Å². The Morgan fingerprint density at radius 3 is 1.86 bits per heavy atom. The van der Waals surface area contributed by atoms with E-state index in [1.54, 1.807) is 0 Å². The van der Waals surface area contributed by atoms with Gasteiger partial charge in [-0.3, -0.25) is 4.79 Å². The number of benzene rings is 5. The first-order valence-electron chi connectivity index (χ1n) is 12.6. The highest BCUT2D eigenvalue weighted by Crippen LogP contribution is 2.51. The zero-order valence-corrected chi connectivity index (χ0v) is 20.7. The Bertz CT molecular complexity index is 1830. The van der Waals surface area contributed by atoms with Gasteiger partial charge in [0.15, 0.2) is 0 Å². The van der Waals surface area contributed by atoms with Crippen molar-refractivity contribution in [3.8, 4) is 11.1 Å². The molecule has 1 aliphatic heterocycles. The lowest BCUT2D eigenvalue weighted by molar-refractivity contribution is 0.632. The molecular formula is C34H25NO2. The highest BCUT2D eigenvalue weighted by Gasteiger charge is 2.36. The summed E-state index contributed by atoms with van der Waals surface area (Å²) in [5, 5.41) is 1.21. The summed E-state index contributed by atoms with van der Waals surface area (Å²) in [6, 6.07) is 39.2. The van der Waals surface area contributed by atoms with Gasteiger partial charge in [-0.05, 0) is 70.8 Å². The minimum atomic E-state index is -0.0805. The van der Waals surface area contributed by atoms with E-state index in [2.05, 4.69) is 91.5 Å². The highest BCUT2D eigenvalue weighted by atomic mass is 16.3. The van der Waals surface area contributed by atoms with Crippen LogP contribution in [0.3, 0.4) is 0 Å². The lowest BCUT2D eigenvalue weighted by atomic mass is 9.73. The Kier molecular flexibility index (Phi) is 4.64. The van der Waals surface area contributed by atoms with Crippen LogP contribution in [0.1, 0.15) is 25.0 Å². The van der Waals surface area contributed by atoms with Gasteiger partial charge in [-0.2, -0.15) is 0 Å². The van der Waals surface area contributed by atoms with Gasteiger partial charge in [0.05, 0.1) is 22.1 Å². The molecule has 0 spiro atoms. The fourth-order valence-corrected chi connectivity index (χ4v) is 5.73. The molecular weight excluding hydrogens is 454 g/mol. The van der Waals surface area contributed by atoms with Crippen molar-refractivity contribution >= 4 is 39.0 Å². The van der Waals surface area contributed by atoms with E-state index in [9.17, 15) is 4.79 Å². The van der Waals surface area contributed by atoms with Crippen molar-refractivity contribution in [3.63, 3.8) is 0 Å². The molecule has 5 aromatic carbocycles. The fraction of sp³-hybridized carbons (Fsp3) is 0.0882. The van der Waals surface area contributed by atoms with E-state index in [4.69, 9.17) is 4.42 Å². The van der Waals surface area contributed by atoms with Gasteiger partial charge >= 0.3 is 0 Å². The standard InChI is InChI=1S/C34H25NO2/c1-34(2)27-10-4-6-12-29(27)35(30-13-7-5-11-28(30)34)24-18-15-22(16-19-24)23-17-20-26-32(21-23)37-31-14-8-3-9-25(31)33(26)36/h3-21H,1-2H3. The summed E-state index contributed by atoms with van der Waals surface area (Å²) >= 11 is 0. The first-order valence-corrected chi connectivity index (χ1v) is 12.6. The summed E-state index contributed by atoms with van der Waals surface area (Å²) < 4.78 is 6.10. The molecule has 0 bridgehead atoms. The smallest absolute Gasteiger partial charge is 0.200 e. The molecule has 0 saturated heterocycles. The van der Waals surface area contributed by atoms with Crippen molar-refractivity contribution in [1.29, 1.82) is 0 Å². The third-order valence-corrected chi connectivity index (χ3v) is 7.67. The SMILES string of the molecule is CC1(C)c2ccccc2N(c2ccc(-c3ccc4c(=O)c5ccccc5oc4c3)cc2)c2ccccc21. The summed E-state index contributed by atoms with van der Waals surface area (Å²) in [7, 11) is 0. The van der Waals surface area contributed by atoms with Crippen LogP contribution >= 0.6 is 0 Å². The molecule has 0 N–H and O–H groups in total. The normalized spacial score (nSPS) is 13.9. The van der Waals surface area contributed by atoms with E-state index < -0.39 is 0 Å². The summed E-state index contributed by atoms with van der Waals surface area (Å²) in [6.45, 7) is 4.60. The van der Waals surface area contributed by atoms with Crippen LogP contribution in [0.25, 0.3) is 33.1 Å². The average Bonchev–Trinajstić information content (AvgIpc) is 2.94. The lowest BCUT2D eigenvalue weighted by Gasteiger charge is -2.42. The van der Waals surface area contributed by atoms with Crippen LogP contribution in [0.5, 0.6) is 0 Å². The van der Waals surface area contributed by atoms with Gasteiger partial charge in [0.2, 0.25) is 5.43 Å². The maximum atomic E-state index is 12.9. The molecule has 3 nitrogen and oxygen atoms in total. The van der Waals surface area contributed by atoms with Crippen molar-refractivity contribution in [3.05, 3.63) is 137 Å². The number of nitrogens with zero attached hydrogens (tertiary/aromatic N) is 1. The highest BCUT2D eigenvalue weighted by molar-refractivity contribution is 5.92. The number of anilines is 3. The summed E-state index contributed by atoms with van der Waals surface area (Å²) in [4.78, 5) is 15.3. The number of fused-ring (bicyclic) bond motifs is 4. The Morgan fingerprint density at radius 2 is 1.16 bits per heavy atom. The molecule has 6 aromatic rings. The van der Waals surface area contributed by atoms with Crippen molar-refractivity contribution in [2.45, 2.75) is 19.3 Å². The molecule has 1 aliphatic rings. The first kappa shape index (κ1) is 21.6. The van der Waals surface area contributed by atoms with Crippen LogP contribution in [0.4, 0.5) is 17.1 Å². The third kappa shape index (κ3) is 3.24. The molecule has 0 aliphatic carbocycles. The van der Waals surface area contributed by atoms with Crippen LogP contribution in [-0.4, -0.2) is 0 Å². The Morgan fingerprint density at radius 1 is 0.595 bits per heavy atom. The van der Waals surface area contributed by atoms with E-state index in [0.29, 0.717) is 21.9 Å². The van der Waals surface area contributed by atoms with Crippen LogP contribution in [0, 0.1) is 0 Å². The van der Waals surface area contributed by atoms with E-state index in [1.807, 2.05) is 42.5 Å². The van der Waals surface area contributed by atoms with Crippen molar-refractivity contribution < 1.29 is 4.42 Å². The molecule has 7 rings (SSSR count). The van der Waals surface area contributed by atoms with E-state index in [-0.39, 0.29) is 10.8 Å². The topological polar surface area (TPSA) is 33.5 Å². The van der Waals surface area contributed by atoms with E-state index in [1.165, 1.54) is 22.5 Å². The maximum absolute atomic E-state index is 12.9. The van der Waals surface area contributed by atoms with E-state index in [0.717, 1.165) is 16.8 Å².